The van der Waals surface area contributed by atoms with Crippen LogP contribution in [0.4, 0.5) is 0 Å². The maximum atomic E-state index is 12.4. The number of benzene rings is 1. The van der Waals surface area contributed by atoms with Crippen molar-refractivity contribution in [3.8, 4) is 11.3 Å². The van der Waals surface area contributed by atoms with Crippen LogP contribution in [0.3, 0.4) is 0 Å². The Morgan fingerprint density at radius 3 is 2.35 bits per heavy atom. The summed E-state index contributed by atoms with van der Waals surface area (Å²) in [5.74, 6) is 1.19. The van der Waals surface area contributed by atoms with Crippen molar-refractivity contribution in [2.24, 2.45) is 0 Å². The first kappa shape index (κ1) is 17.3. The fraction of sp³-hybridized carbons (Fsp3) is 0.476. The van der Waals surface area contributed by atoms with Gasteiger partial charge in [0.05, 0.1) is 13.2 Å². The van der Waals surface area contributed by atoms with Gasteiger partial charge in [0, 0.05) is 37.8 Å². The van der Waals surface area contributed by atoms with Crippen molar-refractivity contribution in [2.45, 2.75) is 25.8 Å². The second-order valence-corrected chi connectivity index (χ2v) is 7.11. The van der Waals surface area contributed by atoms with Crippen molar-refractivity contribution in [3.05, 3.63) is 47.7 Å². The van der Waals surface area contributed by atoms with Crippen molar-refractivity contribution < 1.29 is 13.9 Å². The number of furan rings is 1. The molecule has 0 saturated carbocycles. The van der Waals surface area contributed by atoms with Gasteiger partial charge in [0.1, 0.15) is 5.76 Å². The van der Waals surface area contributed by atoms with E-state index in [0.717, 1.165) is 63.6 Å². The predicted octanol–water partition coefficient (Wildman–Crippen LogP) is 3.58. The molecule has 0 spiro atoms. The normalized spacial score (nSPS) is 19.7. The number of ether oxygens (including phenoxy) is 1. The fourth-order valence-corrected chi connectivity index (χ4v) is 3.79. The van der Waals surface area contributed by atoms with Gasteiger partial charge in [-0.3, -0.25) is 9.69 Å². The zero-order valence-electron chi connectivity index (χ0n) is 15.3. The second kappa shape index (κ2) is 7.64. The van der Waals surface area contributed by atoms with E-state index < -0.39 is 0 Å². The van der Waals surface area contributed by atoms with Gasteiger partial charge in [-0.15, -0.1) is 0 Å². The monoisotopic (exact) mass is 354 g/mol. The largest absolute Gasteiger partial charge is 0.451 e. The lowest BCUT2D eigenvalue weighted by atomic mass is 10.0. The van der Waals surface area contributed by atoms with Crippen molar-refractivity contribution in [1.82, 2.24) is 9.80 Å². The minimum absolute atomic E-state index is 0.00584. The van der Waals surface area contributed by atoms with Gasteiger partial charge < -0.3 is 14.1 Å². The molecule has 26 heavy (non-hydrogen) atoms. The van der Waals surface area contributed by atoms with E-state index in [-0.39, 0.29) is 5.91 Å². The summed E-state index contributed by atoms with van der Waals surface area (Å²) in [5, 5.41) is 0. The molecule has 5 heteroatoms. The van der Waals surface area contributed by atoms with E-state index in [1.807, 2.05) is 11.0 Å². The topological polar surface area (TPSA) is 45.9 Å². The van der Waals surface area contributed by atoms with Gasteiger partial charge in [0.15, 0.2) is 5.76 Å². The molecule has 3 heterocycles. The van der Waals surface area contributed by atoms with Crippen molar-refractivity contribution in [2.75, 3.05) is 39.4 Å². The Morgan fingerprint density at radius 1 is 0.962 bits per heavy atom. The standard InChI is InChI=1S/C21H26N2O3/c1-16(22-12-14-25-15-13-22)17-4-6-18(7-5-17)19-8-9-20(26-19)21(24)23-10-2-3-11-23/h4-9,16H,2-3,10-15H2,1H3. The van der Waals surface area contributed by atoms with Crippen molar-refractivity contribution in [1.29, 1.82) is 0 Å². The minimum Gasteiger partial charge on any atom is -0.451 e. The molecular weight excluding hydrogens is 328 g/mol. The number of likely N-dealkylation sites (tertiary alicyclic amines) is 1. The molecule has 0 N–H and O–H groups in total. The SMILES string of the molecule is CC(c1ccc(-c2ccc(C(=O)N3CCCC3)o2)cc1)N1CCOCC1. The first-order valence-corrected chi connectivity index (χ1v) is 9.53. The minimum atomic E-state index is 0.00584. The highest BCUT2D eigenvalue weighted by Gasteiger charge is 2.23. The molecule has 0 radical (unpaired) electrons. The summed E-state index contributed by atoms with van der Waals surface area (Å²) < 4.78 is 11.3. The molecular formula is C21H26N2O3. The van der Waals surface area contributed by atoms with Crippen LogP contribution in [-0.4, -0.2) is 55.1 Å². The van der Waals surface area contributed by atoms with Gasteiger partial charge in [-0.05, 0) is 37.5 Å². The molecule has 5 nitrogen and oxygen atoms in total. The van der Waals surface area contributed by atoms with Crippen LogP contribution in [-0.2, 0) is 4.74 Å². The lowest BCUT2D eigenvalue weighted by molar-refractivity contribution is 0.0198. The third kappa shape index (κ3) is 3.55. The number of rotatable bonds is 4. The highest BCUT2D eigenvalue weighted by molar-refractivity contribution is 5.92. The average molecular weight is 354 g/mol. The smallest absolute Gasteiger partial charge is 0.289 e. The van der Waals surface area contributed by atoms with Crippen LogP contribution in [0.1, 0.15) is 41.9 Å². The van der Waals surface area contributed by atoms with Crippen LogP contribution in [0, 0.1) is 0 Å². The van der Waals surface area contributed by atoms with E-state index in [4.69, 9.17) is 9.15 Å². The number of nitrogens with zero attached hydrogens (tertiary/aromatic N) is 2. The summed E-state index contributed by atoms with van der Waals surface area (Å²) in [6.45, 7) is 7.48. The van der Waals surface area contributed by atoms with Gasteiger partial charge in [0.25, 0.3) is 5.91 Å². The van der Waals surface area contributed by atoms with E-state index in [9.17, 15) is 4.79 Å². The van der Waals surface area contributed by atoms with Gasteiger partial charge in [-0.1, -0.05) is 24.3 Å². The summed E-state index contributed by atoms with van der Waals surface area (Å²) in [5.41, 5.74) is 2.29. The molecule has 1 amide bonds. The molecule has 1 atom stereocenters. The van der Waals surface area contributed by atoms with E-state index in [0.29, 0.717) is 11.8 Å². The third-order valence-electron chi connectivity index (χ3n) is 5.48. The van der Waals surface area contributed by atoms with Gasteiger partial charge in [-0.2, -0.15) is 0 Å². The Hall–Kier alpha value is -2.11. The van der Waals surface area contributed by atoms with Crippen LogP contribution < -0.4 is 0 Å². The molecule has 0 bridgehead atoms. The van der Waals surface area contributed by atoms with Crippen molar-refractivity contribution >= 4 is 5.91 Å². The first-order chi connectivity index (χ1) is 12.7. The van der Waals surface area contributed by atoms with E-state index in [1.54, 1.807) is 6.07 Å². The summed E-state index contributed by atoms with van der Waals surface area (Å²) in [6, 6.07) is 12.5. The Morgan fingerprint density at radius 2 is 1.65 bits per heavy atom. The Labute approximate surface area is 154 Å². The molecule has 0 aliphatic carbocycles. The Bertz CT molecular complexity index is 741. The number of hydrogen-bond acceptors (Lipinski definition) is 4. The molecule has 2 aliphatic heterocycles. The van der Waals surface area contributed by atoms with Gasteiger partial charge in [-0.25, -0.2) is 0 Å². The lowest BCUT2D eigenvalue weighted by Gasteiger charge is -2.32. The summed E-state index contributed by atoms with van der Waals surface area (Å²) in [7, 11) is 0. The van der Waals surface area contributed by atoms with E-state index in [2.05, 4.69) is 36.1 Å². The van der Waals surface area contributed by atoms with E-state index >= 15 is 0 Å². The van der Waals surface area contributed by atoms with Crippen LogP contribution in [0.5, 0.6) is 0 Å². The highest BCUT2D eigenvalue weighted by Crippen LogP contribution is 2.27. The van der Waals surface area contributed by atoms with Gasteiger partial charge in [0.2, 0.25) is 0 Å². The Kier molecular flexibility index (Phi) is 5.09. The van der Waals surface area contributed by atoms with Crippen LogP contribution in [0.15, 0.2) is 40.8 Å². The molecule has 2 fully saturated rings. The predicted molar refractivity (Wildman–Crippen MR) is 100 cm³/mol. The fourth-order valence-electron chi connectivity index (χ4n) is 3.79. The summed E-state index contributed by atoms with van der Waals surface area (Å²) >= 11 is 0. The number of amides is 1. The number of morpholine rings is 1. The molecule has 1 aromatic heterocycles. The summed E-state index contributed by atoms with van der Waals surface area (Å²) in [6.07, 6.45) is 2.17. The zero-order chi connectivity index (χ0) is 17.9. The van der Waals surface area contributed by atoms with Gasteiger partial charge >= 0.3 is 0 Å². The number of carbonyl (C=O) groups is 1. The van der Waals surface area contributed by atoms with E-state index in [1.165, 1.54) is 5.56 Å². The van der Waals surface area contributed by atoms with Crippen LogP contribution in [0.2, 0.25) is 0 Å². The first-order valence-electron chi connectivity index (χ1n) is 9.53. The van der Waals surface area contributed by atoms with Crippen molar-refractivity contribution in [3.63, 3.8) is 0 Å². The van der Waals surface area contributed by atoms with Crippen LogP contribution >= 0.6 is 0 Å². The molecule has 1 unspecified atom stereocenters. The zero-order valence-corrected chi connectivity index (χ0v) is 15.3. The molecule has 2 aliphatic rings. The molecule has 2 saturated heterocycles. The molecule has 1 aromatic carbocycles. The molecule has 138 valence electrons. The maximum absolute atomic E-state index is 12.4. The molecule has 4 rings (SSSR count). The number of hydrogen-bond donors (Lipinski definition) is 0. The average Bonchev–Trinajstić information content (AvgIpc) is 3.40. The molecule has 2 aromatic rings. The second-order valence-electron chi connectivity index (χ2n) is 7.11. The van der Waals surface area contributed by atoms with Crippen LogP contribution in [0.25, 0.3) is 11.3 Å². The quantitative estimate of drug-likeness (QED) is 0.842. The summed E-state index contributed by atoms with van der Waals surface area (Å²) in [4.78, 5) is 16.7. The number of carbonyl (C=O) groups excluding carboxylic acids is 1. The maximum Gasteiger partial charge on any atom is 0.289 e. The third-order valence-corrected chi connectivity index (χ3v) is 5.48. The highest BCUT2D eigenvalue weighted by atomic mass is 16.5. The lowest BCUT2D eigenvalue weighted by Crippen LogP contribution is -2.37. The Balaban J connectivity index is 1.46.